The van der Waals surface area contributed by atoms with Gasteiger partial charge in [-0.2, -0.15) is 8.78 Å². The van der Waals surface area contributed by atoms with Gasteiger partial charge in [0.2, 0.25) is 0 Å². The third kappa shape index (κ3) is 5.51. The molecule has 0 spiro atoms. The van der Waals surface area contributed by atoms with Crippen molar-refractivity contribution >= 4 is 39.3 Å². The van der Waals surface area contributed by atoms with Gasteiger partial charge >= 0.3 is 0 Å². The zero-order chi connectivity index (χ0) is 16.8. The maximum absolute atomic E-state index is 12.2. The molecule has 0 fully saturated rings. The van der Waals surface area contributed by atoms with E-state index in [4.69, 9.17) is 4.74 Å². The van der Waals surface area contributed by atoms with E-state index in [1.165, 1.54) is 12.1 Å². The summed E-state index contributed by atoms with van der Waals surface area (Å²) >= 11 is 3.81. The molecule has 1 amide bonds. The second-order valence-electron chi connectivity index (χ2n) is 4.58. The Labute approximate surface area is 145 Å². The van der Waals surface area contributed by atoms with E-state index in [2.05, 4.69) is 21.2 Å². The molecule has 7 heteroatoms. The summed E-state index contributed by atoms with van der Waals surface area (Å²) in [7, 11) is 0. The van der Waals surface area contributed by atoms with Gasteiger partial charge < -0.3 is 10.1 Å². The van der Waals surface area contributed by atoms with Crippen LogP contribution in [-0.4, -0.2) is 17.8 Å². The molecule has 0 unspecified atom stereocenters. The van der Waals surface area contributed by atoms with Gasteiger partial charge in [0, 0.05) is 10.6 Å². The highest BCUT2D eigenvalue weighted by atomic mass is 79.9. The Morgan fingerprint density at radius 3 is 2.43 bits per heavy atom. The van der Waals surface area contributed by atoms with Crippen molar-refractivity contribution < 1.29 is 18.3 Å². The van der Waals surface area contributed by atoms with Crippen LogP contribution in [0.5, 0.6) is 5.75 Å². The number of thioether (sulfide) groups is 1. The third-order valence-electron chi connectivity index (χ3n) is 2.86. The van der Waals surface area contributed by atoms with Crippen LogP contribution in [0.1, 0.15) is 6.92 Å². The Morgan fingerprint density at radius 1 is 1.17 bits per heavy atom. The Kier molecular flexibility index (Phi) is 6.41. The molecule has 2 rings (SSSR count). The highest BCUT2D eigenvalue weighted by Crippen LogP contribution is 2.27. The summed E-state index contributed by atoms with van der Waals surface area (Å²) in [5.41, 5.74) is 0.524. The lowest BCUT2D eigenvalue weighted by molar-refractivity contribution is -0.122. The molecule has 0 aliphatic heterocycles. The number of hydrogen-bond donors (Lipinski definition) is 1. The first-order valence-electron chi connectivity index (χ1n) is 6.72. The van der Waals surface area contributed by atoms with E-state index in [9.17, 15) is 13.6 Å². The molecule has 2 aromatic carbocycles. The van der Waals surface area contributed by atoms with Crippen molar-refractivity contribution in [3.05, 3.63) is 53.0 Å². The van der Waals surface area contributed by atoms with Crippen LogP contribution in [0.3, 0.4) is 0 Å². The van der Waals surface area contributed by atoms with Gasteiger partial charge in [0.05, 0.1) is 4.47 Å². The second-order valence-corrected chi connectivity index (χ2v) is 6.50. The lowest BCUT2D eigenvalue weighted by Crippen LogP contribution is -2.30. The summed E-state index contributed by atoms with van der Waals surface area (Å²) in [5.74, 6) is -2.22. The van der Waals surface area contributed by atoms with E-state index in [-0.39, 0.29) is 5.91 Å². The van der Waals surface area contributed by atoms with E-state index < -0.39 is 11.9 Å². The average Bonchev–Trinajstić information content (AvgIpc) is 2.51. The van der Waals surface area contributed by atoms with E-state index in [0.29, 0.717) is 28.1 Å². The number of alkyl halides is 2. The van der Waals surface area contributed by atoms with Crippen molar-refractivity contribution in [2.24, 2.45) is 0 Å². The van der Waals surface area contributed by atoms with Crippen LogP contribution in [0.15, 0.2) is 57.9 Å². The number of hydrogen-bond acceptors (Lipinski definition) is 3. The monoisotopic (exact) mass is 401 g/mol. The Hall–Kier alpha value is -1.60. The van der Waals surface area contributed by atoms with Crippen LogP contribution in [-0.2, 0) is 4.79 Å². The fourth-order valence-electron chi connectivity index (χ4n) is 1.75. The fourth-order valence-corrected chi connectivity index (χ4v) is 2.63. The van der Waals surface area contributed by atoms with Crippen LogP contribution in [0.2, 0.25) is 0 Å². The minimum atomic E-state index is -2.46. The molecule has 0 heterocycles. The van der Waals surface area contributed by atoms with E-state index >= 15 is 0 Å². The van der Waals surface area contributed by atoms with Crippen molar-refractivity contribution in [3.8, 4) is 5.75 Å². The summed E-state index contributed by atoms with van der Waals surface area (Å²) < 4.78 is 30.8. The summed E-state index contributed by atoms with van der Waals surface area (Å²) in [6, 6.07) is 13.5. The predicted octanol–water partition coefficient (Wildman–Crippen LogP) is 5.17. The molecule has 1 atom stereocenters. The summed E-state index contributed by atoms with van der Waals surface area (Å²) in [4.78, 5) is 12.6. The van der Waals surface area contributed by atoms with E-state index in [1.807, 2.05) is 18.2 Å². The molecular weight excluding hydrogens is 388 g/mol. The number of nitrogens with one attached hydrogen (secondary N) is 1. The molecule has 23 heavy (non-hydrogen) atoms. The van der Waals surface area contributed by atoms with E-state index in [1.54, 1.807) is 25.1 Å². The van der Waals surface area contributed by atoms with Crippen LogP contribution >= 0.6 is 27.7 Å². The number of para-hydroxylation sites is 1. The molecule has 2 aromatic rings. The predicted molar refractivity (Wildman–Crippen MR) is 91.2 cm³/mol. The van der Waals surface area contributed by atoms with Gasteiger partial charge in [0.25, 0.3) is 11.7 Å². The number of ether oxygens (including phenoxy) is 1. The van der Waals surface area contributed by atoms with E-state index in [0.717, 1.165) is 4.47 Å². The molecule has 3 nitrogen and oxygen atoms in total. The van der Waals surface area contributed by atoms with Gasteiger partial charge in [-0.15, -0.1) is 0 Å². The zero-order valence-corrected chi connectivity index (χ0v) is 14.5. The number of halogens is 3. The van der Waals surface area contributed by atoms with Crippen molar-refractivity contribution in [2.75, 3.05) is 5.32 Å². The standard InChI is InChI=1S/C16H14BrF2NO2S/c1-10(22-14-5-3-2-4-13(14)17)15(21)20-11-6-8-12(9-7-11)23-16(18)19/h2-10,16H,1H3,(H,20,21)/t10-/m1/s1. The van der Waals surface area contributed by atoms with Crippen LogP contribution in [0.25, 0.3) is 0 Å². The number of carbonyl (C=O) groups is 1. The van der Waals surface area contributed by atoms with Crippen LogP contribution in [0.4, 0.5) is 14.5 Å². The summed E-state index contributed by atoms with van der Waals surface area (Å²) in [5, 5.41) is 2.69. The second kappa shape index (κ2) is 8.31. The third-order valence-corrected chi connectivity index (χ3v) is 4.23. The molecule has 0 bridgehead atoms. The van der Waals surface area contributed by atoms with Crippen molar-refractivity contribution in [3.63, 3.8) is 0 Å². The number of carbonyl (C=O) groups excluding carboxylic acids is 1. The fraction of sp³-hybridized carbons (Fsp3) is 0.188. The topological polar surface area (TPSA) is 38.3 Å². The largest absolute Gasteiger partial charge is 0.480 e. The van der Waals surface area contributed by atoms with Gasteiger partial charge in [0.1, 0.15) is 5.75 Å². The average molecular weight is 402 g/mol. The summed E-state index contributed by atoms with van der Waals surface area (Å²) in [6.07, 6.45) is -0.705. The van der Waals surface area contributed by atoms with Gasteiger partial charge in [-0.25, -0.2) is 0 Å². The van der Waals surface area contributed by atoms with Crippen LogP contribution in [0, 0.1) is 0 Å². The first kappa shape index (κ1) is 17.7. The van der Waals surface area contributed by atoms with Gasteiger partial charge in [0.15, 0.2) is 6.10 Å². The Bertz CT molecular complexity index is 667. The minimum absolute atomic E-state index is 0.324. The minimum Gasteiger partial charge on any atom is -0.480 e. The Balaban J connectivity index is 1.94. The highest BCUT2D eigenvalue weighted by Gasteiger charge is 2.16. The molecular formula is C16H14BrF2NO2S. The zero-order valence-electron chi connectivity index (χ0n) is 12.1. The molecule has 0 aliphatic carbocycles. The molecule has 0 saturated heterocycles. The molecule has 0 saturated carbocycles. The smallest absolute Gasteiger partial charge is 0.288 e. The van der Waals surface area contributed by atoms with Gasteiger partial charge in [-0.1, -0.05) is 23.9 Å². The molecule has 122 valence electrons. The number of rotatable bonds is 6. The van der Waals surface area contributed by atoms with Crippen LogP contribution < -0.4 is 10.1 Å². The van der Waals surface area contributed by atoms with Crippen molar-refractivity contribution in [1.82, 2.24) is 0 Å². The number of anilines is 1. The summed E-state index contributed by atoms with van der Waals surface area (Å²) in [6.45, 7) is 1.63. The van der Waals surface area contributed by atoms with Crippen molar-refractivity contribution in [1.29, 1.82) is 0 Å². The SMILES string of the molecule is C[C@@H](Oc1ccccc1Br)C(=O)Nc1ccc(SC(F)F)cc1. The van der Waals surface area contributed by atoms with Gasteiger partial charge in [-0.3, -0.25) is 4.79 Å². The molecule has 0 aliphatic rings. The molecule has 0 aromatic heterocycles. The lowest BCUT2D eigenvalue weighted by atomic mass is 10.3. The number of benzene rings is 2. The molecule has 0 radical (unpaired) electrons. The highest BCUT2D eigenvalue weighted by molar-refractivity contribution is 9.10. The van der Waals surface area contributed by atoms with Crippen molar-refractivity contribution in [2.45, 2.75) is 23.7 Å². The maximum Gasteiger partial charge on any atom is 0.288 e. The normalized spacial score (nSPS) is 12.0. The maximum atomic E-state index is 12.2. The first-order chi connectivity index (χ1) is 11.0. The molecule has 1 N–H and O–H groups in total. The quantitative estimate of drug-likeness (QED) is 0.678. The first-order valence-corrected chi connectivity index (χ1v) is 8.40. The Morgan fingerprint density at radius 2 is 1.83 bits per heavy atom. The number of amides is 1. The van der Waals surface area contributed by atoms with Gasteiger partial charge in [-0.05, 0) is 59.3 Å². The lowest BCUT2D eigenvalue weighted by Gasteiger charge is -2.15.